The molecule has 0 aliphatic carbocycles. The molecule has 1 atom stereocenters. The molecule has 1 amide bonds. The highest BCUT2D eigenvalue weighted by molar-refractivity contribution is 7.91. The summed E-state index contributed by atoms with van der Waals surface area (Å²) in [6, 6.07) is 2.58. The molecule has 2 heterocycles. The van der Waals surface area contributed by atoms with E-state index in [0.717, 1.165) is 0 Å². The molecule has 1 unspecified atom stereocenters. The Morgan fingerprint density at radius 3 is 2.80 bits per heavy atom. The second-order valence-electron chi connectivity index (χ2n) is 4.68. The molecule has 1 saturated heterocycles. The van der Waals surface area contributed by atoms with E-state index in [4.69, 9.17) is 17.4 Å². The van der Waals surface area contributed by atoms with Crippen molar-refractivity contribution < 1.29 is 13.2 Å². The third-order valence-electron chi connectivity index (χ3n) is 3.27. The van der Waals surface area contributed by atoms with Crippen molar-refractivity contribution in [2.24, 2.45) is 5.84 Å². The molecule has 0 saturated carbocycles. The summed E-state index contributed by atoms with van der Waals surface area (Å²) in [5.41, 5.74) is 2.63. The summed E-state index contributed by atoms with van der Waals surface area (Å²) in [6.07, 6.45) is 0.450. The molecule has 20 heavy (non-hydrogen) atoms. The van der Waals surface area contributed by atoms with Crippen molar-refractivity contribution >= 4 is 33.2 Å². The van der Waals surface area contributed by atoms with Crippen LogP contribution >= 0.6 is 11.6 Å². The Morgan fingerprint density at radius 1 is 1.55 bits per heavy atom. The van der Waals surface area contributed by atoms with E-state index in [9.17, 15) is 13.2 Å². The monoisotopic (exact) mass is 318 g/mol. The maximum absolute atomic E-state index is 12.3. The van der Waals surface area contributed by atoms with Crippen LogP contribution in [0.1, 0.15) is 16.8 Å². The lowest BCUT2D eigenvalue weighted by Gasteiger charge is -2.23. The van der Waals surface area contributed by atoms with Gasteiger partial charge in [-0.05, 0) is 18.6 Å². The van der Waals surface area contributed by atoms with Crippen molar-refractivity contribution in [1.29, 1.82) is 0 Å². The average molecular weight is 319 g/mol. The quantitative estimate of drug-likeness (QED) is 0.471. The fraction of sp³-hybridized carbons (Fsp3) is 0.455. The third kappa shape index (κ3) is 3.20. The van der Waals surface area contributed by atoms with Gasteiger partial charge in [0, 0.05) is 18.7 Å². The highest BCUT2D eigenvalue weighted by Gasteiger charge is 2.33. The van der Waals surface area contributed by atoms with Gasteiger partial charge in [-0.15, -0.1) is 0 Å². The van der Waals surface area contributed by atoms with E-state index in [-0.39, 0.29) is 34.4 Å². The van der Waals surface area contributed by atoms with E-state index in [1.807, 2.05) is 0 Å². The number of hydrogen-bond acceptors (Lipinski definition) is 6. The van der Waals surface area contributed by atoms with Gasteiger partial charge >= 0.3 is 0 Å². The maximum Gasteiger partial charge on any atom is 0.254 e. The Balaban J connectivity index is 2.21. The number of carbonyl (C=O) groups excluding carboxylic acids is 1. The zero-order valence-corrected chi connectivity index (χ0v) is 12.4. The van der Waals surface area contributed by atoms with Crippen molar-refractivity contribution in [1.82, 2.24) is 9.88 Å². The molecule has 9 heteroatoms. The largest absolute Gasteiger partial charge is 0.338 e. The lowest BCUT2D eigenvalue weighted by molar-refractivity contribution is 0.0747. The number of hydrazine groups is 1. The van der Waals surface area contributed by atoms with Crippen LogP contribution in [0.15, 0.2) is 12.1 Å². The molecule has 110 valence electrons. The Morgan fingerprint density at radius 2 is 2.25 bits per heavy atom. The summed E-state index contributed by atoms with van der Waals surface area (Å²) >= 11 is 5.81. The van der Waals surface area contributed by atoms with Gasteiger partial charge in [0.05, 0.1) is 11.5 Å². The first-order valence-electron chi connectivity index (χ1n) is 5.94. The predicted octanol–water partition coefficient (Wildman–Crippen LogP) is 0.280. The zero-order valence-electron chi connectivity index (χ0n) is 10.8. The van der Waals surface area contributed by atoms with Gasteiger partial charge in [0.25, 0.3) is 5.91 Å². The average Bonchev–Trinajstić information content (AvgIpc) is 2.76. The number of halogens is 1. The number of pyridine rings is 1. The summed E-state index contributed by atoms with van der Waals surface area (Å²) in [5.74, 6) is 5.31. The third-order valence-corrected chi connectivity index (χ3v) is 5.21. The molecule has 0 radical (unpaired) electrons. The topological polar surface area (TPSA) is 105 Å². The SMILES string of the molecule is CN(C(=O)c1cc(Cl)nc(NN)c1)C1CCS(=O)(=O)C1. The van der Waals surface area contributed by atoms with Crippen LogP contribution in [-0.2, 0) is 9.84 Å². The number of rotatable bonds is 3. The molecule has 0 bridgehead atoms. The second-order valence-corrected chi connectivity index (χ2v) is 7.30. The number of nitrogens with two attached hydrogens (primary N) is 1. The number of amides is 1. The van der Waals surface area contributed by atoms with Crippen molar-refractivity contribution in [3.05, 3.63) is 22.8 Å². The Bertz CT molecular complexity index is 635. The predicted molar refractivity (Wildman–Crippen MR) is 76.2 cm³/mol. The summed E-state index contributed by atoms with van der Waals surface area (Å²) in [6.45, 7) is 0. The summed E-state index contributed by atoms with van der Waals surface area (Å²) < 4.78 is 22.9. The van der Waals surface area contributed by atoms with E-state index in [0.29, 0.717) is 12.0 Å². The Hall–Kier alpha value is -1.38. The standard InChI is InChI=1S/C11H15ClN4O3S/c1-16(8-2-3-20(18,19)6-8)11(17)7-4-9(12)14-10(5-7)15-13/h4-5,8H,2-3,6,13H2,1H3,(H,14,15). The highest BCUT2D eigenvalue weighted by atomic mass is 35.5. The van der Waals surface area contributed by atoms with Crippen LogP contribution in [0.25, 0.3) is 0 Å². The van der Waals surface area contributed by atoms with Crippen molar-refractivity contribution in [2.75, 3.05) is 24.0 Å². The van der Waals surface area contributed by atoms with Crippen LogP contribution in [-0.4, -0.2) is 48.8 Å². The van der Waals surface area contributed by atoms with Gasteiger partial charge in [0.2, 0.25) is 0 Å². The van der Waals surface area contributed by atoms with Crippen LogP contribution in [0.3, 0.4) is 0 Å². The minimum Gasteiger partial charge on any atom is -0.338 e. The molecular weight excluding hydrogens is 304 g/mol. The minimum atomic E-state index is -3.04. The fourth-order valence-corrected chi connectivity index (χ4v) is 4.13. The Labute approximate surface area is 122 Å². The number of hydrogen-bond donors (Lipinski definition) is 2. The van der Waals surface area contributed by atoms with E-state index in [2.05, 4.69) is 10.4 Å². The smallest absolute Gasteiger partial charge is 0.254 e. The number of nitrogen functional groups attached to an aromatic ring is 1. The summed E-state index contributed by atoms with van der Waals surface area (Å²) in [4.78, 5) is 17.6. The first-order chi connectivity index (χ1) is 9.32. The minimum absolute atomic E-state index is 0.00392. The van der Waals surface area contributed by atoms with Gasteiger partial charge in [0.15, 0.2) is 9.84 Å². The van der Waals surface area contributed by atoms with Crippen LogP contribution in [0.2, 0.25) is 5.15 Å². The van der Waals surface area contributed by atoms with Crippen LogP contribution in [0.4, 0.5) is 5.82 Å². The second kappa shape index (κ2) is 5.55. The molecule has 0 aromatic carbocycles. The first-order valence-corrected chi connectivity index (χ1v) is 8.14. The molecule has 1 aliphatic rings. The van der Waals surface area contributed by atoms with E-state index >= 15 is 0 Å². The van der Waals surface area contributed by atoms with Gasteiger partial charge in [-0.3, -0.25) is 4.79 Å². The molecule has 1 aromatic heterocycles. The Kier molecular flexibility index (Phi) is 4.17. The van der Waals surface area contributed by atoms with Crippen LogP contribution in [0, 0.1) is 0 Å². The van der Waals surface area contributed by atoms with Crippen molar-refractivity contribution in [3.8, 4) is 0 Å². The summed E-state index contributed by atoms with van der Waals surface area (Å²) in [7, 11) is -1.46. The summed E-state index contributed by atoms with van der Waals surface area (Å²) in [5, 5.41) is 0.135. The van der Waals surface area contributed by atoms with Crippen LogP contribution in [0.5, 0.6) is 0 Å². The van der Waals surface area contributed by atoms with Crippen LogP contribution < -0.4 is 11.3 Å². The maximum atomic E-state index is 12.3. The zero-order chi connectivity index (χ0) is 14.9. The molecule has 3 N–H and O–H groups in total. The number of nitrogens with zero attached hydrogens (tertiary/aromatic N) is 2. The lowest BCUT2D eigenvalue weighted by atomic mass is 10.2. The van der Waals surface area contributed by atoms with Gasteiger partial charge in [-0.1, -0.05) is 11.6 Å². The number of carbonyl (C=O) groups is 1. The highest BCUT2D eigenvalue weighted by Crippen LogP contribution is 2.20. The normalized spacial score (nSPS) is 20.6. The van der Waals surface area contributed by atoms with Gasteiger partial charge < -0.3 is 10.3 Å². The molecule has 2 rings (SSSR count). The van der Waals surface area contributed by atoms with Gasteiger partial charge in [0.1, 0.15) is 11.0 Å². The molecule has 7 nitrogen and oxygen atoms in total. The van der Waals surface area contributed by atoms with Gasteiger partial charge in [-0.2, -0.15) is 0 Å². The van der Waals surface area contributed by atoms with Crippen molar-refractivity contribution in [2.45, 2.75) is 12.5 Å². The number of aromatic nitrogens is 1. The number of sulfone groups is 1. The molecule has 1 fully saturated rings. The molecule has 1 aromatic rings. The lowest BCUT2D eigenvalue weighted by Crippen LogP contribution is -2.37. The fourth-order valence-electron chi connectivity index (χ4n) is 2.14. The van der Waals surface area contributed by atoms with E-state index in [1.165, 1.54) is 17.0 Å². The number of nitrogens with one attached hydrogen (secondary N) is 1. The van der Waals surface area contributed by atoms with E-state index < -0.39 is 9.84 Å². The number of anilines is 1. The first kappa shape index (κ1) is 15.0. The van der Waals surface area contributed by atoms with Gasteiger partial charge in [-0.25, -0.2) is 19.2 Å². The molecule has 0 spiro atoms. The van der Waals surface area contributed by atoms with Crippen molar-refractivity contribution in [3.63, 3.8) is 0 Å². The molecule has 1 aliphatic heterocycles. The van der Waals surface area contributed by atoms with E-state index in [1.54, 1.807) is 7.05 Å². The molecular formula is C11H15ClN4O3S.